The van der Waals surface area contributed by atoms with Crippen LogP contribution < -0.4 is 0 Å². The largest absolute Gasteiger partial charge is 0.393 e. The molecule has 0 aromatic heterocycles. The van der Waals surface area contributed by atoms with E-state index in [1.54, 1.807) is 0 Å². The molecule has 5 atom stereocenters. The molecule has 0 spiro atoms. The van der Waals surface area contributed by atoms with Crippen molar-refractivity contribution >= 4 is 0 Å². The van der Waals surface area contributed by atoms with Crippen molar-refractivity contribution in [3.63, 3.8) is 0 Å². The van der Waals surface area contributed by atoms with E-state index in [0.29, 0.717) is 5.92 Å². The molecular weight excluding hydrogens is 244 g/mol. The Morgan fingerprint density at radius 2 is 1.95 bits per heavy atom. The molecule has 0 aromatic rings. The number of aliphatic hydroxyl groups excluding tert-OH is 1. The van der Waals surface area contributed by atoms with Crippen molar-refractivity contribution in [1.82, 2.24) is 0 Å². The van der Waals surface area contributed by atoms with E-state index in [1.165, 1.54) is 44.9 Å². The molecule has 1 rings (SSSR count). The molecule has 0 aliphatic heterocycles. The normalized spacial score (nSPS) is 29.9. The first-order chi connectivity index (χ1) is 9.54. The topological polar surface area (TPSA) is 20.2 Å². The molecule has 5 unspecified atom stereocenters. The third kappa shape index (κ3) is 6.43. The van der Waals surface area contributed by atoms with Gasteiger partial charge in [-0.25, -0.2) is 0 Å². The monoisotopic (exact) mass is 280 g/mol. The highest BCUT2D eigenvalue weighted by Gasteiger charge is 2.32. The van der Waals surface area contributed by atoms with E-state index in [-0.39, 0.29) is 6.10 Å². The Hall–Kier alpha value is -0.300. The minimum Gasteiger partial charge on any atom is -0.393 e. The Kier molecular flexibility index (Phi) is 8.52. The average molecular weight is 280 g/mol. The van der Waals surface area contributed by atoms with Crippen LogP contribution >= 0.6 is 0 Å². The molecule has 118 valence electrons. The zero-order valence-electron chi connectivity index (χ0n) is 14.1. The van der Waals surface area contributed by atoms with Gasteiger partial charge >= 0.3 is 0 Å². The first kappa shape index (κ1) is 17.8. The minimum absolute atomic E-state index is 0.0247. The highest BCUT2D eigenvalue weighted by Crippen LogP contribution is 2.37. The van der Waals surface area contributed by atoms with Crippen LogP contribution in [0.4, 0.5) is 0 Å². The van der Waals surface area contributed by atoms with Crippen LogP contribution in [0, 0.1) is 23.7 Å². The maximum Gasteiger partial charge on any atom is 0.0571 e. The summed E-state index contributed by atoms with van der Waals surface area (Å²) in [4.78, 5) is 0. The first-order valence-corrected chi connectivity index (χ1v) is 8.89. The fourth-order valence-electron chi connectivity index (χ4n) is 3.59. The molecule has 1 N–H and O–H groups in total. The maximum absolute atomic E-state index is 10.0. The van der Waals surface area contributed by atoms with Gasteiger partial charge in [0.05, 0.1) is 6.10 Å². The van der Waals surface area contributed by atoms with Gasteiger partial charge in [-0.1, -0.05) is 59.1 Å². The molecule has 1 fully saturated rings. The summed E-state index contributed by atoms with van der Waals surface area (Å²) in [6.07, 6.45) is 14.6. The summed E-state index contributed by atoms with van der Waals surface area (Å²) in [5.74, 6) is 2.78. The molecule has 0 aromatic carbocycles. The maximum atomic E-state index is 10.0. The lowest BCUT2D eigenvalue weighted by atomic mass is 9.85. The highest BCUT2D eigenvalue weighted by atomic mass is 16.3. The zero-order valence-corrected chi connectivity index (χ0v) is 14.1. The average Bonchev–Trinajstić information content (AvgIpc) is 2.71. The smallest absolute Gasteiger partial charge is 0.0571 e. The van der Waals surface area contributed by atoms with E-state index in [4.69, 9.17) is 0 Å². The van der Waals surface area contributed by atoms with Gasteiger partial charge in [0.15, 0.2) is 0 Å². The molecule has 1 aliphatic carbocycles. The van der Waals surface area contributed by atoms with Crippen LogP contribution in [-0.4, -0.2) is 11.2 Å². The van der Waals surface area contributed by atoms with E-state index in [1.807, 2.05) is 0 Å². The third-order valence-corrected chi connectivity index (χ3v) is 5.09. The van der Waals surface area contributed by atoms with Gasteiger partial charge in [-0.2, -0.15) is 0 Å². The third-order valence-electron chi connectivity index (χ3n) is 5.09. The van der Waals surface area contributed by atoms with E-state index in [9.17, 15) is 5.11 Å². The van der Waals surface area contributed by atoms with E-state index >= 15 is 0 Å². The predicted molar refractivity (Wildman–Crippen MR) is 88.7 cm³/mol. The Morgan fingerprint density at radius 1 is 1.20 bits per heavy atom. The fraction of sp³-hybridized carbons (Fsp3) is 0.895. The van der Waals surface area contributed by atoms with Gasteiger partial charge < -0.3 is 5.11 Å². The van der Waals surface area contributed by atoms with Crippen LogP contribution in [0.3, 0.4) is 0 Å². The van der Waals surface area contributed by atoms with Crippen molar-refractivity contribution in [3.05, 3.63) is 12.2 Å². The Bertz CT molecular complexity index is 261. The van der Waals surface area contributed by atoms with Crippen molar-refractivity contribution in [1.29, 1.82) is 0 Å². The molecule has 1 aliphatic rings. The number of aliphatic hydroxyl groups is 1. The second-order valence-corrected chi connectivity index (χ2v) is 7.25. The molecule has 20 heavy (non-hydrogen) atoms. The van der Waals surface area contributed by atoms with Crippen molar-refractivity contribution in [2.45, 2.75) is 85.2 Å². The molecule has 1 saturated carbocycles. The molecule has 0 radical (unpaired) electrons. The molecule has 1 nitrogen and oxygen atoms in total. The van der Waals surface area contributed by atoms with Gasteiger partial charge in [0.25, 0.3) is 0 Å². The van der Waals surface area contributed by atoms with Crippen LogP contribution in [0.1, 0.15) is 79.1 Å². The van der Waals surface area contributed by atoms with Crippen molar-refractivity contribution in [3.8, 4) is 0 Å². The highest BCUT2D eigenvalue weighted by molar-refractivity contribution is 4.86. The SMILES string of the molecule is CCC/C=C\C(C)CCCC(C)CC1C(C)CCC1O. The fourth-order valence-corrected chi connectivity index (χ4v) is 3.59. The summed E-state index contributed by atoms with van der Waals surface area (Å²) in [6, 6.07) is 0. The van der Waals surface area contributed by atoms with Gasteiger partial charge in [-0.15, -0.1) is 0 Å². The lowest BCUT2D eigenvalue weighted by molar-refractivity contribution is 0.103. The predicted octanol–water partition coefficient (Wildman–Crippen LogP) is 5.58. The van der Waals surface area contributed by atoms with Crippen molar-refractivity contribution in [2.75, 3.05) is 0 Å². The molecule has 0 amide bonds. The summed E-state index contributed by atoms with van der Waals surface area (Å²) in [5.41, 5.74) is 0. The molecular formula is C19H36O. The number of hydrogen-bond donors (Lipinski definition) is 1. The standard InChI is InChI=1S/C19H36O/c1-5-6-7-9-15(2)10-8-11-16(3)14-18-17(4)12-13-19(18)20/h7,9,15-20H,5-6,8,10-14H2,1-4H3/b9-7-. The van der Waals surface area contributed by atoms with Gasteiger partial charge in [0.2, 0.25) is 0 Å². The number of allylic oxidation sites excluding steroid dienone is 2. The number of hydrogen-bond acceptors (Lipinski definition) is 1. The van der Waals surface area contributed by atoms with Crippen LogP contribution in [0.15, 0.2) is 12.2 Å². The van der Waals surface area contributed by atoms with Crippen LogP contribution in [0.5, 0.6) is 0 Å². The summed E-state index contributed by atoms with van der Waals surface area (Å²) in [5, 5.41) is 10.0. The van der Waals surface area contributed by atoms with Gasteiger partial charge in [-0.3, -0.25) is 0 Å². The second kappa shape index (κ2) is 9.60. The Balaban J connectivity index is 2.15. The van der Waals surface area contributed by atoms with Crippen LogP contribution in [0.2, 0.25) is 0 Å². The van der Waals surface area contributed by atoms with Crippen molar-refractivity contribution < 1.29 is 5.11 Å². The molecule has 0 saturated heterocycles. The quantitative estimate of drug-likeness (QED) is 0.546. The zero-order chi connectivity index (χ0) is 15.0. The summed E-state index contributed by atoms with van der Waals surface area (Å²) < 4.78 is 0. The van der Waals surface area contributed by atoms with Crippen LogP contribution in [0.25, 0.3) is 0 Å². The first-order valence-electron chi connectivity index (χ1n) is 8.89. The summed E-state index contributed by atoms with van der Waals surface area (Å²) in [7, 11) is 0. The molecule has 0 heterocycles. The van der Waals surface area contributed by atoms with Crippen LogP contribution in [-0.2, 0) is 0 Å². The minimum atomic E-state index is -0.0247. The molecule has 0 bridgehead atoms. The molecule has 1 heteroatoms. The van der Waals surface area contributed by atoms with E-state index in [0.717, 1.165) is 24.2 Å². The van der Waals surface area contributed by atoms with Gasteiger partial charge in [0.1, 0.15) is 0 Å². The lowest BCUT2D eigenvalue weighted by Crippen LogP contribution is -2.20. The Labute approximate surface area is 126 Å². The van der Waals surface area contributed by atoms with E-state index in [2.05, 4.69) is 39.8 Å². The lowest BCUT2D eigenvalue weighted by Gasteiger charge is -2.23. The Morgan fingerprint density at radius 3 is 2.55 bits per heavy atom. The van der Waals surface area contributed by atoms with Gasteiger partial charge in [-0.05, 0) is 55.8 Å². The number of unbranched alkanes of at least 4 members (excludes halogenated alkanes) is 1. The van der Waals surface area contributed by atoms with Gasteiger partial charge in [0, 0.05) is 0 Å². The second-order valence-electron chi connectivity index (χ2n) is 7.25. The summed E-state index contributed by atoms with van der Waals surface area (Å²) >= 11 is 0. The van der Waals surface area contributed by atoms with E-state index < -0.39 is 0 Å². The number of rotatable bonds is 9. The summed E-state index contributed by atoms with van der Waals surface area (Å²) in [6.45, 7) is 9.25. The van der Waals surface area contributed by atoms with Crippen molar-refractivity contribution in [2.24, 2.45) is 23.7 Å².